The van der Waals surface area contributed by atoms with Crippen LogP contribution in [0.3, 0.4) is 0 Å². The first kappa shape index (κ1) is 13.9. The zero-order valence-electron chi connectivity index (χ0n) is 11.1. The third kappa shape index (κ3) is 4.63. The van der Waals surface area contributed by atoms with Crippen molar-refractivity contribution < 1.29 is 4.74 Å². The molecule has 3 heteroatoms. The van der Waals surface area contributed by atoms with Gasteiger partial charge in [0.25, 0.3) is 0 Å². The maximum Gasteiger partial charge on any atom is 0.0480 e. The minimum atomic E-state index is 0.610. The van der Waals surface area contributed by atoms with E-state index in [1.165, 1.54) is 11.3 Å². The van der Waals surface area contributed by atoms with E-state index in [2.05, 4.69) is 42.6 Å². The van der Waals surface area contributed by atoms with Gasteiger partial charge in [0.2, 0.25) is 0 Å². The smallest absolute Gasteiger partial charge is 0.0480 e. The molecule has 0 amide bonds. The molecular weight excluding hydrogens is 242 g/mol. The summed E-state index contributed by atoms with van der Waals surface area (Å²) in [4.78, 5) is 1.37. The molecular formula is C15H23NOS. The molecule has 1 aliphatic rings. The Morgan fingerprint density at radius 3 is 2.67 bits per heavy atom. The molecule has 1 atom stereocenters. The van der Waals surface area contributed by atoms with Gasteiger partial charge in [-0.1, -0.05) is 25.1 Å². The molecule has 18 heavy (non-hydrogen) atoms. The zero-order chi connectivity index (χ0) is 12.6. The summed E-state index contributed by atoms with van der Waals surface area (Å²) in [5, 5.41) is 3.78. The van der Waals surface area contributed by atoms with Crippen LogP contribution in [0.2, 0.25) is 0 Å². The molecule has 0 aromatic heterocycles. The molecule has 100 valence electrons. The first-order valence-electron chi connectivity index (χ1n) is 6.90. The predicted molar refractivity (Wildman–Crippen MR) is 78.2 cm³/mol. The van der Waals surface area contributed by atoms with Crippen LogP contribution in [0.25, 0.3) is 0 Å². The lowest BCUT2D eigenvalue weighted by Crippen LogP contribution is -2.42. The fourth-order valence-corrected chi connectivity index (χ4v) is 3.27. The van der Waals surface area contributed by atoms with E-state index in [-0.39, 0.29) is 0 Å². The van der Waals surface area contributed by atoms with Crippen LogP contribution in [-0.4, -0.2) is 31.1 Å². The highest BCUT2D eigenvalue weighted by molar-refractivity contribution is 7.99. The second kappa shape index (κ2) is 7.82. The van der Waals surface area contributed by atoms with Crippen LogP contribution in [0.15, 0.2) is 35.2 Å². The predicted octanol–water partition coefficient (Wildman–Crippen LogP) is 3.33. The molecule has 0 bridgehead atoms. The third-order valence-corrected chi connectivity index (χ3v) is 4.55. The maximum absolute atomic E-state index is 5.40. The van der Waals surface area contributed by atoms with Gasteiger partial charge in [-0.3, -0.25) is 0 Å². The van der Waals surface area contributed by atoms with Gasteiger partial charge in [0, 0.05) is 35.9 Å². The summed E-state index contributed by atoms with van der Waals surface area (Å²) in [6.07, 6.45) is 3.51. The maximum atomic E-state index is 5.40. The molecule has 0 unspecified atom stereocenters. The van der Waals surface area contributed by atoms with Crippen molar-refractivity contribution in [3.8, 4) is 0 Å². The Balaban J connectivity index is 1.74. The molecule has 1 aromatic carbocycles. The number of rotatable bonds is 6. The largest absolute Gasteiger partial charge is 0.381 e. The number of ether oxygens (including phenoxy) is 1. The molecule has 1 N–H and O–H groups in total. The molecule has 1 heterocycles. The minimum absolute atomic E-state index is 0.610. The Kier molecular flexibility index (Phi) is 6.05. The summed E-state index contributed by atoms with van der Waals surface area (Å²) in [5.41, 5.74) is 0. The van der Waals surface area contributed by atoms with Gasteiger partial charge in [0.1, 0.15) is 0 Å². The van der Waals surface area contributed by atoms with Gasteiger partial charge in [0.15, 0.2) is 0 Å². The Morgan fingerprint density at radius 2 is 2.00 bits per heavy atom. The number of hydrogen-bond donors (Lipinski definition) is 1. The van der Waals surface area contributed by atoms with E-state index in [1.54, 1.807) is 0 Å². The number of thioether (sulfide) groups is 1. The van der Waals surface area contributed by atoms with Crippen molar-refractivity contribution in [3.05, 3.63) is 30.3 Å². The van der Waals surface area contributed by atoms with Gasteiger partial charge in [-0.05, 0) is 31.4 Å². The summed E-state index contributed by atoms with van der Waals surface area (Å²) in [6, 6.07) is 11.9. The van der Waals surface area contributed by atoms with Crippen molar-refractivity contribution in [2.75, 3.05) is 19.0 Å². The fraction of sp³-hybridized carbons (Fsp3) is 0.600. The van der Waals surface area contributed by atoms with Crippen molar-refractivity contribution >= 4 is 11.8 Å². The minimum Gasteiger partial charge on any atom is -0.381 e. The van der Waals surface area contributed by atoms with Gasteiger partial charge < -0.3 is 10.1 Å². The second-order valence-corrected chi connectivity index (χ2v) is 5.88. The molecule has 1 fully saturated rings. The summed E-state index contributed by atoms with van der Waals surface area (Å²) in [6.45, 7) is 4.10. The molecule has 0 saturated carbocycles. The molecule has 0 spiro atoms. The van der Waals surface area contributed by atoms with Crippen LogP contribution in [0.4, 0.5) is 0 Å². The first-order chi connectivity index (χ1) is 8.88. The highest BCUT2D eigenvalue weighted by Crippen LogP contribution is 2.19. The van der Waals surface area contributed by atoms with Crippen LogP contribution in [-0.2, 0) is 4.74 Å². The lowest BCUT2D eigenvalue weighted by atomic mass is 10.1. The molecule has 1 saturated heterocycles. The topological polar surface area (TPSA) is 21.3 Å². The van der Waals surface area contributed by atoms with E-state index in [4.69, 9.17) is 4.74 Å². The van der Waals surface area contributed by atoms with Crippen LogP contribution in [0.1, 0.15) is 26.2 Å². The second-order valence-electron chi connectivity index (χ2n) is 4.78. The SMILES string of the molecule is CC[C@H](CSc1ccccc1)NC1CCOCC1. The van der Waals surface area contributed by atoms with Crippen molar-refractivity contribution in [3.63, 3.8) is 0 Å². The van der Waals surface area contributed by atoms with Crippen LogP contribution < -0.4 is 5.32 Å². The van der Waals surface area contributed by atoms with E-state index in [1.807, 2.05) is 11.8 Å². The van der Waals surface area contributed by atoms with E-state index in [9.17, 15) is 0 Å². The molecule has 0 aliphatic carbocycles. The Hall–Kier alpha value is -0.510. The normalized spacial score (nSPS) is 18.7. The van der Waals surface area contributed by atoms with Crippen LogP contribution >= 0.6 is 11.8 Å². The lowest BCUT2D eigenvalue weighted by molar-refractivity contribution is 0.0755. The summed E-state index contributed by atoms with van der Waals surface area (Å²) < 4.78 is 5.40. The number of benzene rings is 1. The van der Waals surface area contributed by atoms with Gasteiger partial charge in [0.05, 0.1) is 0 Å². The first-order valence-corrected chi connectivity index (χ1v) is 7.88. The van der Waals surface area contributed by atoms with Gasteiger partial charge in [-0.2, -0.15) is 0 Å². The van der Waals surface area contributed by atoms with Gasteiger partial charge in [-0.15, -0.1) is 11.8 Å². The molecule has 2 nitrogen and oxygen atoms in total. The van der Waals surface area contributed by atoms with E-state index in [0.717, 1.165) is 31.8 Å². The molecule has 0 radical (unpaired) electrons. The van der Waals surface area contributed by atoms with Gasteiger partial charge >= 0.3 is 0 Å². The highest BCUT2D eigenvalue weighted by atomic mass is 32.2. The fourth-order valence-electron chi connectivity index (χ4n) is 2.19. The quantitative estimate of drug-likeness (QED) is 0.797. The highest BCUT2D eigenvalue weighted by Gasteiger charge is 2.17. The van der Waals surface area contributed by atoms with Crippen LogP contribution in [0, 0.1) is 0 Å². The van der Waals surface area contributed by atoms with E-state index in [0.29, 0.717) is 12.1 Å². The Labute approximate surface area is 114 Å². The third-order valence-electron chi connectivity index (χ3n) is 3.38. The Morgan fingerprint density at radius 1 is 1.28 bits per heavy atom. The molecule has 1 aliphatic heterocycles. The lowest BCUT2D eigenvalue weighted by Gasteiger charge is -2.28. The molecule has 2 rings (SSSR count). The average Bonchev–Trinajstić information content (AvgIpc) is 2.45. The standard InChI is InChI=1S/C15H23NOS/c1-2-13(16-14-8-10-17-11-9-14)12-18-15-6-4-3-5-7-15/h3-7,13-14,16H,2,8-12H2,1H3/t13-/m1/s1. The number of hydrogen-bond acceptors (Lipinski definition) is 3. The van der Waals surface area contributed by atoms with Crippen molar-refractivity contribution in [1.82, 2.24) is 5.32 Å². The van der Waals surface area contributed by atoms with Crippen molar-refractivity contribution in [2.45, 2.75) is 43.2 Å². The van der Waals surface area contributed by atoms with Crippen molar-refractivity contribution in [1.29, 1.82) is 0 Å². The van der Waals surface area contributed by atoms with E-state index < -0.39 is 0 Å². The summed E-state index contributed by atoms with van der Waals surface area (Å²) >= 11 is 1.95. The number of nitrogens with one attached hydrogen (secondary N) is 1. The average molecular weight is 265 g/mol. The van der Waals surface area contributed by atoms with E-state index >= 15 is 0 Å². The Bertz CT molecular complexity index is 325. The van der Waals surface area contributed by atoms with Crippen molar-refractivity contribution in [2.24, 2.45) is 0 Å². The summed E-state index contributed by atoms with van der Waals surface area (Å²) in [5.74, 6) is 1.15. The van der Waals surface area contributed by atoms with Gasteiger partial charge in [-0.25, -0.2) is 0 Å². The zero-order valence-corrected chi connectivity index (χ0v) is 11.9. The monoisotopic (exact) mass is 265 g/mol. The van der Waals surface area contributed by atoms with Crippen LogP contribution in [0.5, 0.6) is 0 Å². The molecule has 1 aromatic rings. The summed E-state index contributed by atoms with van der Waals surface area (Å²) in [7, 11) is 0.